The van der Waals surface area contributed by atoms with Crippen LogP contribution in [0.15, 0.2) is 54.7 Å². The molecule has 0 atom stereocenters. The molecule has 0 unspecified atom stereocenters. The van der Waals surface area contributed by atoms with Crippen molar-refractivity contribution in [2.45, 2.75) is 6.92 Å². The van der Waals surface area contributed by atoms with Gasteiger partial charge in [-0.2, -0.15) is 0 Å². The molecule has 3 aromatic rings. The van der Waals surface area contributed by atoms with Crippen molar-refractivity contribution in [3.63, 3.8) is 0 Å². The number of aryl methyl sites for hydroxylation is 1. The fourth-order valence-electron chi connectivity index (χ4n) is 2.18. The summed E-state index contributed by atoms with van der Waals surface area (Å²) in [5, 5.41) is 19.1. The maximum Gasteiger partial charge on any atom is 0.295 e. The van der Waals surface area contributed by atoms with Gasteiger partial charge in [-0.3, -0.25) is 10.1 Å². The van der Waals surface area contributed by atoms with Gasteiger partial charge in [0.05, 0.1) is 16.8 Å². The molecule has 0 radical (unpaired) electrons. The minimum absolute atomic E-state index is 0.0117. The van der Waals surface area contributed by atoms with Gasteiger partial charge in [0.1, 0.15) is 5.69 Å². The van der Waals surface area contributed by atoms with Crippen molar-refractivity contribution >= 4 is 5.69 Å². The van der Waals surface area contributed by atoms with E-state index in [1.165, 1.54) is 10.7 Å². The zero-order valence-electron chi connectivity index (χ0n) is 11.3. The summed E-state index contributed by atoms with van der Waals surface area (Å²) >= 11 is 0. The highest BCUT2D eigenvalue weighted by atomic mass is 16.6. The molecule has 1 aromatic heterocycles. The highest BCUT2D eigenvalue weighted by Crippen LogP contribution is 2.28. The maximum absolute atomic E-state index is 11.3. The standard InChI is InChI=1S/C15H12N4O2/c1-11-7-8-13(14(9-11)19(20)21)18-15(10-16-17-18)12-5-3-2-4-6-12/h2-10H,1H3. The Labute approximate surface area is 120 Å². The van der Waals surface area contributed by atoms with Gasteiger partial charge in [-0.25, -0.2) is 4.68 Å². The van der Waals surface area contributed by atoms with Gasteiger partial charge in [0.15, 0.2) is 0 Å². The van der Waals surface area contributed by atoms with Crippen LogP contribution < -0.4 is 0 Å². The zero-order valence-corrected chi connectivity index (χ0v) is 11.3. The van der Waals surface area contributed by atoms with Gasteiger partial charge >= 0.3 is 0 Å². The molecule has 6 nitrogen and oxygen atoms in total. The first kappa shape index (κ1) is 13.0. The van der Waals surface area contributed by atoms with Crippen molar-refractivity contribution in [2.24, 2.45) is 0 Å². The molecule has 1 heterocycles. The predicted octanol–water partition coefficient (Wildman–Crippen LogP) is 3.15. The number of nitrogens with zero attached hydrogens (tertiary/aromatic N) is 4. The Hall–Kier alpha value is -3.02. The number of nitro groups is 1. The molecule has 0 N–H and O–H groups in total. The van der Waals surface area contributed by atoms with Crippen LogP contribution in [0.2, 0.25) is 0 Å². The van der Waals surface area contributed by atoms with E-state index in [-0.39, 0.29) is 5.69 Å². The van der Waals surface area contributed by atoms with E-state index in [2.05, 4.69) is 10.3 Å². The van der Waals surface area contributed by atoms with Crippen molar-refractivity contribution in [1.29, 1.82) is 0 Å². The van der Waals surface area contributed by atoms with E-state index in [0.29, 0.717) is 11.4 Å². The molecule has 6 heteroatoms. The third-order valence-electron chi connectivity index (χ3n) is 3.17. The smallest absolute Gasteiger partial charge is 0.258 e. The molecule has 3 rings (SSSR count). The first-order valence-electron chi connectivity index (χ1n) is 6.38. The molecule has 2 aromatic carbocycles. The second-order valence-corrected chi connectivity index (χ2v) is 4.65. The highest BCUT2D eigenvalue weighted by molar-refractivity contribution is 5.64. The summed E-state index contributed by atoms with van der Waals surface area (Å²) in [6, 6.07) is 14.6. The average molecular weight is 280 g/mol. The second-order valence-electron chi connectivity index (χ2n) is 4.65. The molecule has 0 saturated carbocycles. The SMILES string of the molecule is Cc1ccc(-n2nncc2-c2ccccc2)c([N+](=O)[O-])c1. The molecule has 0 saturated heterocycles. The number of hydrogen-bond acceptors (Lipinski definition) is 4. The van der Waals surface area contributed by atoms with Crippen LogP contribution in [-0.2, 0) is 0 Å². The molecule has 0 fully saturated rings. The van der Waals surface area contributed by atoms with Crippen molar-refractivity contribution in [2.75, 3.05) is 0 Å². The zero-order chi connectivity index (χ0) is 14.8. The third-order valence-corrected chi connectivity index (χ3v) is 3.17. The molecule has 21 heavy (non-hydrogen) atoms. The van der Waals surface area contributed by atoms with Crippen LogP contribution in [0.1, 0.15) is 5.56 Å². The van der Waals surface area contributed by atoms with Crippen LogP contribution in [-0.4, -0.2) is 19.9 Å². The lowest BCUT2D eigenvalue weighted by atomic mass is 10.1. The molecule has 0 aliphatic carbocycles. The quantitative estimate of drug-likeness (QED) is 0.545. The number of hydrogen-bond donors (Lipinski definition) is 0. The normalized spacial score (nSPS) is 10.5. The molecular weight excluding hydrogens is 268 g/mol. The van der Waals surface area contributed by atoms with Crippen LogP contribution in [0.4, 0.5) is 5.69 Å². The summed E-state index contributed by atoms with van der Waals surface area (Å²) < 4.78 is 1.49. The molecule has 0 bridgehead atoms. The fourth-order valence-corrected chi connectivity index (χ4v) is 2.18. The first-order chi connectivity index (χ1) is 10.2. The molecular formula is C15H12N4O2. The van der Waals surface area contributed by atoms with E-state index in [4.69, 9.17) is 0 Å². The molecule has 104 valence electrons. The topological polar surface area (TPSA) is 73.8 Å². The van der Waals surface area contributed by atoms with Crippen LogP contribution in [0.5, 0.6) is 0 Å². The minimum Gasteiger partial charge on any atom is -0.258 e. The van der Waals surface area contributed by atoms with Crippen LogP contribution in [0.25, 0.3) is 16.9 Å². The van der Waals surface area contributed by atoms with Gasteiger partial charge in [-0.15, -0.1) is 5.10 Å². The van der Waals surface area contributed by atoms with Gasteiger partial charge in [0, 0.05) is 11.6 Å². The van der Waals surface area contributed by atoms with Crippen molar-refractivity contribution in [1.82, 2.24) is 15.0 Å². The first-order valence-corrected chi connectivity index (χ1v) is 6.38. The Bertz CT molecular complexity index is 796. The summed E-state index contributed by atoms with van der Waals surface area (Å²) in [5.41, 5.74) is 2.85. The number of benzene rings is 2. The van der Waals surface area contributed by atoms with Crippen molar-refractivity contribution in [3.05, 3.63) is 70.4 Å². The molecule has 0 aliphatic rings. The van der Waals surface area contributed by atoms with Gasteiger partial charge in [-0.1, -0.05) is 41.6 Å². The van der Waals surface area contributed by atoms with Gasteiger partial charge in [0.25, 0.3) is 5.69 Å². The largest absolute Gasteiger partial charge is 0.295 e. The van der Waals surface area contributed by atoms with E-state index in [1.54, 1.807) is 12.3 Å². The molecule has 0 spiro atoms. The summed E-state index contributed by atoms with van der Waals surface area (Å²) in [6.45, 7) is 1.82. The van der Waals surface area contributed by atoms with E-state index in [9.17, 15) is 10.1 Å². The van der Waals surface area contributed by atoms with Crippen LogP contribution >= 0.6 is 0 Å². The third kappa shape index (κ3) is 2.38. The van der Waals surface area contributed by atoms with Crippen molar-refractivity contribution < 1.29 is 4.92 Å². The summed E-state index contributed by atoms with van der Waals surface area (Å²) in [6.07, 6.45) is 1.60. The average Bonchev–Trinajstić information content (AvgIpc) is 2.97. The predicted molar refractivity (Wildman–Crippen MR) is 78.2 cm³/mol. The Kier molecular flexibility index (Phi) is 3.19. The van der Waals surface area contributed by atoms with Crippen molar-refractivity contribution in [3.8, 4) is 16.9 Å². The molecule has 0 aliphatic heterocycles. The lowest BCUT2D eigenvalue weighted by Crippen LogP contribution is -2.04. The Morgan fingerprint density at radius 3 is 2.62 bits per heavy atom. The van der Waals surface area contributed by atoms with Crippen LogP contribution in [0.3, 0.4) is 0 Å². The summed E-state index contributed by atoms with van der Waals surface area (Å²) in [5.74, 6) is 0. The Morgan fingerprint density at radius 2 is 1.90 bits per heavy atom. The van der Waals surface area contributed by atoms with Gasteiger partial charge in [0.2, 0.25) is 0 Å². The fraction of sp³-hybridized carbons (Fsp3) is 0.0667. The Balaban J connectivity index is 2.20. The van der Waals surface area contributed by atoms with E-state index >= 15 is 0 Å². The highest BCUT2D eigenvalue weighted by Gasteiger charge is 2.19. The van der Waals surface area contributed by atoms with Crippen LogP contribution in [0, 0.1) is 17.0 Å². The number of rotatable bonds is 3. The monoisotopic (exact) mass is 280 g/mol. The second kappa shape index (κ2) is 5.16. The minimum atomic E-state index is -0.404. The molecule has 0 amide bonds. The van der Waals surface area contributed by atoms with E-state index < -0.39 is 4.92 Å². The summed E-state index contributed by atoms with van der Waals surface area (Å²) in [4.78, 5) is 10.9. The lowest BCUT2D eigenvalue weighted by Gasteiger charge is -2.07. The number of aromatic nitrogens is 3. The van der Waals surface area contributed by atoms with E-state index in [1.807, 2.05) is 43.3 Å². The van der Waals surface area contributed by atoms with Gasteiger partial charge < -0.3 is 0 Å². The van der Waals surface area contributed by atoms with E-state index in [0.717, 1.165) is 11.1 Å². The maximum atomic E-state index is 11.3. The number of nitro benzene ring substituents is 1. The Morgan fingerprint density at radius 1 is 1.14 bits per heavy atom. The van der Waals surface area contributed by atoms with Gasteiger partial charge in [-0.05, 0) is 18.6 Å². The lowest BCUT2D eigenvalue weighted by molar-refractivity contribution is -0.384. The summed E-state index contributed by atoms with van der Waals surface area (Å²) in [7, 11) is 0.